The minimum Gasteiger partial charge on any atom is -0.367 e. The van der Waals surface area contributed by atoms with Gasteiger partial charge in [0, 0.05) is 0 Å². The van der Waals surface area contributed by atoms with Gasteiger partial charge in [0.25, 0.3) is 0 Å². The van der Waals surface area contributed by atoms with Gasteiger partial charge >= 0.3 is 0 Å². The highest BCUT2D eigenvalue weighted by Gasteiger charge is 2.01. The third kappa shape index (κ3) is 2.15. The summed E-state index contributed by atoms with van der Waals surface area (Å²) in [5, 5.41) is 4.05. The highest BCUT2D eigenvalue weighted by molar-refractivity contribution is 5.30. The van der Waals surface area contributed by atoms with E-state index in [1.165, 1.54) is 16.7 Å². The van der Waals surface area contributed by atoms with Crippen molar-refractivity contribution in [2.75, 3.05) is 5.73 Å². The average Bonchev–Trinajstić information content (AvgIpc) is 2.56. The van der Waals surface area contributed by atoms with Crippen LogP contribution in [0.4, 0.5) is 5.95 Å². The second-order valence-electron chi connectivity index (χ2n) is 3.73. The highest BCUT2D eigenvalue weighted by atomic mass is 15.4. The van der Waals surface area contributed by atoms with E-state index in [9.17, 15) is 0 Å². The van der Waals surface area contributed by atoms with Crippen molar-refractivity contribution in [3.63, 3.8) is 0 Å². The van der Waals surface area contributed by atoms with E-state index in [-0.39, 0.29) is 0 Å². The topological polar surface area (TPSA) is 56.7 Å². The summed E-state index contributed by atoms with van der Waals surface area (Å²) in [6.45, 7) is 4.91. The van der Waals surface area contributed by atoms with Crippen LogP contribution in [-0.4, -0.2) is 14.8 Å². The molecule has 0 saturated heterocycles. The van der Waals surface area contributed by atoms with Crippen LogP contribution in [0.25, 0.3) is 0 Å². The van der Waals surface area contributed by atoms with Crippen LogP contribution < -0.4 is 5.73 Å². The summed E-state index contributed by atoms with van der Waals surface area (Å²) in [6, 6.07) is 6.38. The quantitative estimate of drug-likeness (QED) is 0.803. The fourth-order valence-corrected chi connectivity index (χ4v) is 1.58. The number of benzene rings is 1. The van der Waals surface area contributed by atoms with E-state index in [0.29, 0.717) is 5.95 Å². The van der Waals surface area contributed by atoms with Crippen molar-refractivity contribution in [2.45, 2.75) is 20.4 Å². The SMILES string of the molecule is Cc1ccc(Cn2cnc(N)n2)c(C)c1. The minimum absolute atomic E-state index is 0.319. The molecule has 4 heteroatoms. The molecule has 0 saturated carbocycles. The van der Waals surface area contributed by atoms with E-state index < -0.39 is 0 Å². The molecule has 0 aliphatic heterocycles. The normalized spacial score (nSPS) is 10.5. The summed E-state index contributed by atoms with van der Waals surface area (Å²) in [4.78, 5) is 3.89. The zero-order valence-corrected chi connectivity index (χ0v) is 8.94. The lowest BCUT2D eigenvalue weighted by molar-refractivity contribution is 0.684. The molecule has 0 unspecified atom stereocenters. The lowest BCUT2D eigenvalue weighted by Gasteiger charge is -2.06. The maximum Gasteiger partial charge on any atom is 0.239 e. The molecule has 4 nitrogen and oxygen atoms in total. The van der Waals surface area contributed by atoms with Gasteiger partial charge in [-0.3, -0.25) is 0 Å². The number of aryl methyl sites for hydroxylation is 2. The number of aromatic nitrogens is 3. The van der Waals surface area contributed by atoms with Crippen LogP contribution in [-0.2, 0) is 6.54 Å². The van der Waals surface area contributed by atoms with E-state index in [1.807, 2.05) is 0 Å². The van der Waals surface area contributed by atoms with E-state index in [1.54, 1.807) is 11.0 Å². The molecule has 15 heavy (non-hydrogen) atoms. The number of hydrogen-bond donors (Lipinski definition) is 1. The second kappa shape index (κ2) is 3.73. The van der Waals surface area contributed by atoms with E-state index in [0.717, 1.165) is 6.54 Å². The van der Waals surface area contributed by atoms with Gasteiger partial charge < -0.3 is 5.73 Å². The van der Waals surface area contributed by atoms with Gasteiger partial charge in [-0.2, -0.15) is 0 Å². The van der Waals surface area contributed by atoms with Crippen LogP contribution in [0.15, 0.2) is 24.5 Å². The number of nitrogens with two attached hydrogens (primary N) is 1. The summed E-state index contributed by atoms with van der Waals surface area (Å²) >= 11 is 0. The maximum absolute atomic E-state index is 5.45. The summed E-state index contributed by atoms with van der Waals surface area (Å²) in [5.41, 5.74) is 9.23. The van der Waals surface area contributed by atoms with Gasteiger partial charge in [0.15, 0.2) is 0 Å². The Balaban J connectivity index is 2.24. The van der Waals surface area contributed by atoms with Gasteiger partial charge in [-0.15, -0.1) is 5.10 Å². The van der Waals surface area contributed by atoms with Crippen molar-refractivity contribution < 1.29 is 0 Å². The molecular weight excluding hydrogens is 188 g/mol. The molecule has 0 bridgehead atoms. The number of hydrogen-bond acceptors (Lipinski definition) is 3. The first kappa shape index (κ1) is 9.71. The first-order valence-corrected chi connectivity index (χ1v) is 4.86. The molecule has 1 aromatic carbocycles. The number of rotatable bonds is 2. The molecule has 0 aliphatic carbocycles. The van der Waals surface area contributed by atoms with Gasteiger partial charge in [0.2, 0.25) is 5.95 Å². The Hall–Kier alpha value is -1.84. The average molecular weight is 202 g/mol. The van der Waals surface area contributed by atoms with Gasteiger partial charge in [-0.1, -0.05) is 23.8 Å². The molecular formula is C11H14N4. The molecule has 0 amide bonds. The van der Waals surface area contributed by atoms with Crippen LogP contribution in [0.2, 0.25) is 0 Å². The van der Waals surface area contributed by atoms with Crippen molar-refractivity contribution >= 4 is 5.95 Å². The zero-order chi connectivity index (χ0) is 10.8. The van der Waals surface area contributed by atoms with E-state index >= 15 is 0 Å². The fraction of sp³-hybridized carbons (Fsp3) is 0.273. The summed E-state index contributed by atoms with van der Waals surface area (Å²) < 4.78 is 1.74. The smallest absolute Gasteiger partial charge is 0.239 e. The minimum atomic E-state index is 0.319. The molecule has 1 aromatic heterocycles. The molecule has 78 valence electrons. The zero-order valence-electron chi connectivity index (χ0n) is 8.94. The lowest BCUT2D eigenvalue weighted by atomic mass is 10.1. The molecule has 2 rings (SSSR count). The Bertz CT molecular complexity index is 473. The summed E-state index contributed by atoms with van der Waals surface area (Å²) in [5.74, 6) is 0.319. The molecule has 2 N–H and O–H groups in total. The van der Waals surface area contributed by atoms with Gasteiger partial charge in [0.05, 0.1) is 6.54 Å². The molecule has 0 spiro atoms. The lowest BCUT2D eigenvalue weighted by Crippen LogP contribution is -2.02. The standard InChI is InChI=1S/C11H14N4/c1-8-3-4-10(9(2)5-8)6-15-7-13-11(12)14-15/h3-5,7H,6H2,1-2H3,(H2,12,14). The Morgan fingerprint density at radius 1 is 1.33 bits per heavy atom. The Kier molecular flexibility index (Phi) is 2.41. The molecule has 2 aromatic rings. The molecule has 0 atom stereocenters. The fourth-order valence-electron chi connectivity index (χ4n) is 1.58. The van der Waals surface area contributed by atoms with Crippen LogP contribution in [0, 0.1) is 13.8 Å². The van der Waals surface area contributed by atoms with Crippen molar-refractivity contribution in [1.82, 2.24) is 14.8 Å². The Labute approximate surface area is 88.8 Å². The summed E-state index contributed by atoms with van der Waals surface area (Å²) in [7, 11) is 0. The van der Waals surface area contributed by atoms with Gasteiger partial charge in [0.1, 0.15) is 6.33 Å². The van der Waals surface area contributed by atoms with Gasteiger partial charge in [-0.25, -0.2) is 9.67 Å². The highest BCUT2D eigenvalue weighted by Crippen LogP contribution is 2.11. The number of nitrogen functional groups attached to an aromatic ring is 1. The van der Waals surface area contributed by atoms with Crippen molar-refractivity contribution in [3.8, 4) is 0 Å². The van der Waals surface area contributed by atoms with Crippen molar-refractivity contribution in [3.05, 3.63) is 41.2 Å². The third-order valence-electron chi connectivity index (χ3n) is 2.38. The van der Waals surface area contributed by atoms with Crippen molar-refractivity contribution in [2.24, 2.45) is 0 Å². The largest absolute Gasteiger partial charge is 0.367 e. The Morgan fingerprint density at radius 3 is 2.73 bits per heavy atom. The number of nitrogens with zero attached hydrogens (tertiary/aromatic N) is 3. The second-order valence-corrected chi connectivity index (χ2v) is 3.73. The molecule has 1 heterocycles. The van der Waals surface area contributed by atoms with Crippen molar-refractivity contribution in [1.29, 1.82) is 0 Å². The Morgan fingerprint density at radius 2 is 2.13 bits per heavy atom. The molecule has 0 aliphatic rings. The van der Waals surface area contributed by atoms with E-state index in [4.69, 9.17) is 5.73 Å². The maximum atomic E-state index is 5.45. The van der Waals surface area contributed by atoms with E-state index in [2.05, 4.69) is 42.1 Å². The predicted molar refractivity (Wildman–Crippen MR) is 59.5 cm³/mol. The predicted octanol–water partition coefficient (Wildman–Crippen LogP) is 1.53. The first-order valence-electron chi connectivity index (χ1n) is 4.86. The first-order chi connectivity index (χ1) is 7.15. The van der Waals surface area contributed by atoms with Crippen LogP contribution in [0.5, 0.6) is 0 Å². The molecule has 0 radical (unpaired) electrons. The van der Waals surface area contributed by atoms with Crippen LogP contribution in [0.3, 0.4) is 0 Å². The monoisotopic (exact) mass is 202 g/mol. The summed E-state index contributed by atoms with van der Waals surface area (Å²) in [6.07, 6.45) is 1.65. The molecule has 0 fully saturated rings. The van der Waals surface area contributed by atoms with Gasteiger partial charge in [-0.05, 0) is 25.0 Å². The number of anilines is 1. The third-order valence-corrected chi connectivity index (χ3v) is 2.38. The van der Waals surface area contributed by atoms with Crippen LogP contribution >= 0.6 is 0 Å². The van der Waals surface area contributed by atoms with Crippen LogP contribution in [0.1, 0.15) is 16.7 Å².